The normalized spacial score (nSPS) is 14.3. The van der Waals surface area contributed by atoms with Gasteiger partial charge in [-0.2, -0.15) is 0 Å². The Morgan fingerprint density at radius 2 is 1.82 bits per heavy atom. The van der Waals surface area contributed by atoms with Crippen molar-refractivity contribution in [3.05, 3.63) is 41.5 Å². The number of benzene rings is 1. The van der Waals surface area contributed by atoms with Crippen LogP contribution in [0.1, 0.15) is 30.4 Å². The van der Waals surface area contributed by atoms with E-state index < -0.39 is 0 Å². The zero-order chi connectivity index (χ0) is 15.5. The van der Waals surface area contributed by atoms with Crippen molar-refractivity contribution < 1.29 is 4.79 Å². The van der Waals surface area contributed by atoms with Gasteiger partial charge in [-0.05, 0) is 56.0 Å². The number of anilines is 3. The van der Waals surface area contributed by atoms with Crippen LogP contribution in [0.2, 0.25) is 0 Å². The van der Waals surface area contributed by atoms with Gasteiger partial charge in [0, 0.05) is 11.6 Å². The maximum absolute atomic E-state index is 11.9. The summed E-state index contributed by atoms with van der Waals surface area (Å²) in [5, 5.41) is 14.3. The zero-order valence-electron chi connectivity index (χ0n) is 12.9. The van der Waals surface area contributed by atoms with E-state index in [0.29, 0.717) is 11.6 Å². The van der Waals surface area contributed by atoms with Gasteiger partial charge in [-0.25, -0.2) is 0 Å². The first kappa shape index (κ1) is 14.5. The van der Waals surface area contributed by atoms with E-state index in [4.69, 9.17) is 0 Å². The van der Waals surface area contributed by atoms with Gasteiger partial charge in [-0.15, -0.1) is 10.2 Å². The van der Waals surface area contributed by atoms with Crippen molar-refractivity contribution in [3.8, 4) is 0 Å². The summed E-state index contributed by atoms with van der Waals surface area (Å²) in [6.45, 7) is 4.10. The summed E-state index contributed by atoms with van der Waals surface area (Å²) < 4.78 is 0. The van der Waals surface area contributed by atoms with Crippen LogP contribution in [0.3, 0.4) is 0 Å². The summed E-state index contributed by atoms with van der Waals surface area (Å²) in [6.07, 6.45) is 3.10. The Morgan fingerprint density at radius 1 is 1.09 bits per heavy atom. The maximum atomic E-state index is 11.9. The second kappa shape index (κ2) is 6.13. The molecule has 0 bridgehead atoms. The van der Waals surface area contributed by atoms with Gasteiger partial charge in [0.1, 0.15) is 0 Å². The fraction of sp³-hybridized carbons (Fsp3) is 0.353. The molecule has 5 nitrogen and oxygen atoms in total. The predicted molar refractivity (Wildman–Crippen MR) is 87.2 cm³/mol. The molecule has 5 heteroatoms. The van der Waals surface area contributed by atoms with Crippen molar-refractivity contribution in [3.63, 3.8) is 0 Å². The SMILES string of the molecule is Cc1ccc(C)c(Nc2ccc(NC(=O)C3CCC3)nn2)c1. The van der Waals surface area contributed by atoms with Crippen LogP contribution in [0.5, 0.6) is 0 Å². The Bertz CT molecular complexity index is 678. The van der Waals surface area contributed by atoms with E-state index in [1.54, 1.807) is 6.07 Å². The summed E-state index contributed by atoms with van der Waals surface area (Å²) in [7, 11) is 0. The number of rotatable bonds is 4. The lowest BCUT2D eigenvalue weighted by Gasteiger charge is -2.23. The number of carbonyl (C=O) groups is 1. The molecule has 0 aliphatic heterocycles. The van der Waals surface area contributed by atoms with Gasteiger partial charge >= 0.3 is 0 Å². The molecule has 0 atom stereocenters. The minimum atomic E-state index is 0.0517. The number of aryl methyl sites for hydroxylation is 2. The third-order valence-corrected chi connectivity index (χ3v) is 4.05. The van der Waals surface area contributed by atoms with Crippen molar-refractivity contribution in [1.82, 2.24) is 10.2 Å². The minimum Gasteiger partial charge on any atom is -0.339 e. The molecule has 1 aromatic carbocycles. The topological polar surface area (TPSA) is 66.9 Å². The van der Waals surface area contributed by atoms with Crippen LogP contribution in [0.4, 0.5) is 17.3 Å². The number of amides is 1. The van der Waals surface area contributed by atoms with Crippen LogP contribution in [0.25, 0.3) is 0 Å². The van der Waals surface area contributed by atoms with Gasteiger partial charge in [0.25, 0.3) is 0 Å². The maximum Gasteiger partial charge on any atom is 0.228 e. The molecule has 114 valence electrons. The van der Waals surface area contributed by atoms with Crippen molar-refractivity contribution in [2.45, 2.75) is 33.1 Å². The monoisotopic (exact) mass is 296 g/mol. The van der Waals surface area contributed by atoms with Crippen molar-refractivity contribution in [2.24, 2.45) is 5.92 Å². The van der Waals surface area contributed by atoms with E-state index in [2.05, 4.69) is 46.0 Å². The molecule has 0 unspecified atom stereocenters. The first-order valence-corrected chi connectivity index (χ1v) is 7.61. The second-order valence-electron chi connectivity index (χ2n) is 5.86. The van der Waals surface area contributed by atoms with Crippen LogP contribution < -0.4 is 10.6 Å². The van der Waals surface area contributed by atoms with Gasteiger partial charge in [-0.3, -0.25) is 4.79 Å². The van der Waals surface area contributed by atoms with Crippen LogP contribution in [-0.4, -0.2) is 16.1 Å². The van der Waals surface area contributed by atoms with Crippen LogP contribution >= 0.6 is 0 Å². The molecular weight excluding hydrogens is 276 g/mol. The average molecular weight is 296 g/mol. The van der Waals surface area contributed by atoms with E-state index in [-0.39, 0.29) is 11.8 Å². The molecule has 1 aromatic heterocycles. The highest BCUT2D eigenvalue weighted by Crippen LogP contribution is 2.27. The third kappa shape index (κ3) is 3.24. The fourth-order valence-electron chi connectivity index (χ4n) is 2.37. The minimum absolute atomic E-state index is 0.0517. The first-order chi connectivity index (χ1) is 10.6. The molecule has 2 N–H and O–H groups in total. The highest BCUT2D eigenvalue weighted by atomic mass is 16.2. The molecule has 2 aromatic rings. The smallest absolute Gasteiger partial charge is 0.228 e. The largest absolute Gasteiger partial charge is 0.339 e. The zero-order valence-corrected chi connectivity index (χ0v) is 12.9. The Labute approximate surface area is 130 Å². The predicted octanol–water partition coefficient (Wildman–Crippen LogP) is 3.58. The van der Waals surface area contributed by atoms with Crippen molar-refractivity contribution >= 4 is 23.2 Å². The van der Waals surface area contributed by atoms with E-state index in [9.17, 15) is 4.79 Å². The molecule has 1 aliphatic rings. The first-order valence-electron chi connectivity index (χ1n) is 7.61. The quantitative estimate of drug-likeness (QED) is 0.905. The highest BCUT2D eigenvalue weighted by Gasteiger charge is 2.25. The summed E-state index contributed by atoms with van der Waals surface area (Å²) in [6, 6.07) is 9.81. The summed E-state index contributed by atoms with van der Waals surface area (Å²) in [5.41, 5.74) is 3.35. The standard InChI is InChI=1S/C17H20N4O/c1-11-6-7-12(2)14(10-11)18-15-8-9-16(21-20-15)19-17(22)13-4-3-5-13/h6-10,13H,3-5H2,1-2H3,(H,18,20)(H,19,21,22). The number of nitrogens with zero attached hydrogens (tertiary/aromatic N) is 2. The summed E-state index contributed by atoms with van der Waals surface area (Å²) in [5.74, 6) is 1.36. The van der Waals surface area contributed by atoms with E-state index >= 15 is 0 Å². The lowest BCUT2D eigenvalue weighted by molar-refractivity contribution is -0.122. The molecule has 1 amide bonds. The van der Waals surface area contributed by atoms with E-state index in [0.717, 1.165) is 30.5 Å². The highest BCUT2D eigenvalue weighted by molar-refractivity contribution is 5.92. The van der Waals surface area contributed by atoms with E-state index in [1.165, 1.54) is 5.56 Å². The average Bonchev–Trinajstić information content (AvgIpc) is 2.43. The summed E-state index contributed by atoms with van der Waals surface area (Å²) in [4.78, 5) is 11.9. The molecule has 1 heterocycles. The second-order valence-corrected chi connectivity index (χ2v) is 5.86. The van der Waals surface area contributed by atoms with Gasteiger partial charge in [0.2, 0.25) is 5.91 Å². The molecule has 22 heavy (non-hydrogen) atoms. The number of aromatic nitrogens is 2. The molecule has 0 radical (unpaired) electrons. The molecule has 1 fully saturated rings. The van der Waals surface area contributed by atoms with Crippen LogP contribution in [0, 0.1) is 19.8 Å². The number of hydrogen-bond donors (Lipinski definition) is 2. The Morgan fingerprint density at radius 3 is 2.45 bits per heavy atom. The molecule has 0 spiro atoms. The van der Waals surface area contributed by atoms with Crippen LogP contribution in [0.15, 0.2) is 30.3 Å². The van der Waals surface area contributed by atoms with Crippen LogP contribution in [-0.2, 0) is 4.79 Å². The molecule has 3 rings (SSSR count). The van der Waals surface area contributed by atoms with Gasteiger partial charge in [0.05, 0.1) is 0 Å². The lowest BCUT2D eigenvalue weighted by atomic mass is 9.85. The number of hydrogen-bond acceptors (Lipinski definition) is 4. The third-order valence-electron chi connectivity index (χ3n) is 4.05. The van der Waals surface area contributed by atoms with Gasteiger partial charge in [0.15, 0.2) is 11.6 Å². The fourth-order valence-corrected chi connectivity index (χ4v) is 2.37. The van der Waals surface area contributed by atoms with E-state index in [1.807, 2.05) is 13.0 Å². The molecule has 1 aliphatic carbocycles. The van der Waals surface area contributed by atoms with Gasteiger partial charge in [-0.1, -0.05) is 18.6 Å². The Hall–Kier alpha value is -2.43. The molecular formula is C17H20N4O. The summed E-state index contributed by atoms with van der Waals surface area (Å²) >= 11 is 0. The molecule has 0 saturated heterocycles. The van der Waals surface area contributed by atoms with Gasteiger partial charge < -0.3 is 10.6 Å². The lowest BCUT2D eigenvalue weighted by Crippen LogP contribution is -2.28. The Balaban J connectivity index is 1.66. The number of nitrogens with one attached hydrogen (secondary N) is 2. The number of carbonyl (C=O) groups excluding carboxylic acids is 1. The molecule has 1 saturated carbocycles. The van der Waals surface area contributed by atoms with Crippen molar-refractivity contribution in [2.75, 3.05) is 10.6 Å². The van der Waals surface area contributed by atoms with Crippen molar-refractivity contribution in [1.29, 1.82) is 0 Å². The Kier molecular flexibility index (Phi) is 4.04.